The largest absolute Gasteiger partial charge is 0.362 e. The van der Waals surface area contributed by atoms with Crippen molar-refractivity contribution < 1.29 is 13.2 Å². The molecule has 0 saturated heterocycles. The van der Waals surface area contributed by atoms with Crippen molar-refractivity contribution in [1.29, 1.82) is 0 Å². The molecular formula is C28H33BrN6O3S. The quantitative estimate of drug-likeness (QED) is 0.329. The van der Waals surface area contributed by atoms with Crippen LogP contribution < -0.4 is 15.5 Å². The molecule has 1 aliphatic carbocycles. The maximum Gasteiger partial charge on any atom is 0.254 e. The average molecular weight is 614 g/mol. The molecule has 1 saturated carbocycles. The Morgan fingerprint density at radius 1 is 1.10 bits per heavy atom. The van der Waals surface area contributed by atoms with Gasteiger partial charge in [0.25, 0.3) is 5.91 Å². The summed E-state index contributed by atoms with van der Waals surface area (Å²) in [6.45, 7) is 5.71. The third kappa shape index (κ3) is 6.65. The smallest absolute Gasteiger partial charge is 0.254 e. The second-order valence-corrected chi connectivity index (χ2v) is 12.8. The number of pyridine rings is 1. The van der Waals surface area contributed by atoms with E-state index in [2.05, 4.69) is 48.1 Å². The van der Waals surface area contributed by atoms with Gasteiger partial charge in [0.2, 0.25) is 15.8 Å². The van der Waals surface area contributed by atoms with Crippen molar-refractivity contribution in [3.05, 3.63) is 82.6 Å². The second-order valence-electron chi connectivity index (χ2n) is 9.87. The third-order valence-electron chi connectivity index (χ3n) is 6.80. The first kappa shape index (κ1) is 28.7. The van der Waals surface area contributed by atoms with E-state index >= 15 is 0 Å². The molecule has 1 atom stereocenters. The number of carbonyl (C=O) groups excluding carboxylic acids is 1. The number of hydrogen-bond donors (Lipinski definition) is 2. The molecule has 1 amide bonds. The van der Waals surface area contributed by atoms with Gasteiger partial charge in [-0.05, 0) is 62.4 Å². The summed E-state index contributed by atoms with van der Waals surface area (Å²) in [7, 11) is -0.125. The van der Waals surface area contributed by atoms with E-state index in [0.717, 1.165) is 41.5 Å². The summed E-state index contributed by atoms with van der Waals surface area (Å²) >= 11 is 3.37. The van der Waals surface area contributed by atoms with Crippen LogP contribution in [0.1, 0.15) is 52.4 Å². The van der Waals surface area contributed by atoms with Crippen LogP contribution in [0.15, 0.2) is 70.9 Å². The van der Waals surface area contributed by atoms with Gasteiger partial charge in [-0.1, -0.05) is 34.1 Å². The number of nitrogens with one attached hydrogen (secondary N) is 2. The van der Waals surface area contributed by atoms with Gasteiger partial charge in [0.1, 0.15) is 11.1 Å². The lowest BCUT2D eigenvalue weighted by molar-refractivity contribution is 0.0922. The molecule has 2 heterocycles. The second kappa shape index (κ2) is 12.3. The van der Waals surface area contributed by atoms with Gasteiger partial charge in [0.15, 0.2) is 5.03 Å². The summed E-state index contributed by atoms with van der Waals surface area (Å²) in [6.07, 6.45) is 7.68. The minimum absolute atomic E-state index is 0.0333. The van der Waals surface area contributed by atoms with Crippen molar-refractivity contribution in [1.82, 2.24) is 20.3 Å². The molecular weight excluding hydrogens is 580 g/mol. The zero-order chi connectivity index (χ0) is 28.2. The fourth-order valence-electron chi connectivity index (χ4n) is 4.79. The highest BCUT2D eigenvalue weighted by molar-refractivity contribution is 9.10. The van der Waals surface area contributed by atoms with Gasteiger partial charge in [0, 0.05) is 48.6 Å². The number of amides is 1. The molecule has 2 N–H and O–H groups in total. The van der Waals surface area contributed by atoms with Crippen molar-refractivity contribution in [3.63, 3.8) is 0 Å². The normalized spacial score (nSPS) is 18.2. The van der Waals surface area contributed by atoms with Gasteiger partial charge in [-0.25, -0.2) is 18.4 Å². The lowest BCUT2D eigenvalue weighted by atomic mass is 9.91. The van der Waals surface area contributed by atoms with E-state index in [9.17, 15) is 13.2 Å². The maximum atomic E-state index is 13.6. The molecule has 39 heavy (non-hydrogen) atoms. The van der Waals surface area contributed by atoms with E-state index in [4.69, 9.17) is 0 Å². The van der Waals surface area contributed by atoms with Crippen LogP contribution in [0.2, 0.25) is 0 Å². The van der Waals surface area contributed by atoms with Crippen LogP contribution in [-0.2, 0) is 9.84 Å². The van der Waals surface area contributed by atoms with Crippen LogP contribution in [0, 0.1) is 6.92 Å². The first-order chi connectivity index (χ1) is 18.6. The molecule has 9 nitrogen and oxygen atoms in total. The van der Waals surface area contributed by atoms with Crippen molar-refractivity contribution >= 4 is 43.4 Å². The van der Waals surface area contributed by atoms with Crippen molar-refractivity contribution in [2.75, 3.05) is 24.3 Å². The topological polar surface area (TPSA) is 117 Å². The predicted molar refractivity (Wildman–Crippen MR) is 157 cm³/mol. The number of aromatic nitrogens is 3. The number of hydrogen-bond acceptors (Lipinski definition) is 8. The average Bonchev–Trinajstić information content (AvgIpc) is 2.92. The van der Waals surface area contributed by atoms with Gasteiger partial charge in [-0.3, -0.25) is 4.79 Å². The third-order valence-corrected chi connectivity index (χ3v) is 9.32. The van der Waals surface area contributed by atoms with E-state index in [1.807, 2.05) is 32.1 Å². The molecule has 11 heteroatoms. The molecule has 0 radical (unpaired) electrons. The number of halogens is 1. The van der Waals surface area contributed by atoms with Crippen molar-refractivity contribution in [2.24, 2.45) is 0 Å². The van der Waals surface area contributed by atoms with Crippen LogP contribution in [0.25, 0.3) is 0 Å². The Morgan fingerprint density at radius 3 is 2.41 bits per heavy atom. The molecule has 1 unspecified atom stereocenters. The van der Waals surface area contributed by atoms with E-state index < -0.39 is 21.0 Å². The molecule has 2 aromatic heterocycles. The minimum atomic E-state index is -4.02. The lowest BCUT2D eigenvalue weighted by Gasteiger charge is -2.30. The Bertz CT molecular complexity index is 1440. The van der Waals surface area contributed by atoms with Gasteiger partial charge in [-0.15, -0.1) is 6.58 Å². The highest BCUT2D eigenvalue weighted by atomic mass is 79.9. The van der Waals surface area contributed by atoms with Gasteiger partial charge in [0.05, 0.1) is 5.56 Å². The SMILES string of the molecule is C=CC(c1ccc(Br)cc1)S(=O)(=O)c1ncccc1C(=O)NC1CCC(Nc2ncc(C)c(N(C)C)n2)CC1. The fraction of sp³-hybridized carbons (Fsp3) is 0.357. The maximum absolute atomic E-state index is 13.6. The standard InChI is InChI=1S/C28H33BrN6O3S/c1-5-24(19-8-10-20(29)11-9-19)39(37,38)27-23(7-6-16-30-27)26(36)32-21-12-14-22(15-13-21)33-28-31-17-18(2)25(34-28)35(3)4/h5-11,16-17,21-22,24H,1,12-15H2,2-4H3,(H,32,36)(H,31,33,34). The van der Waals surface area contributed by atoms with E-state index in [1.165, 1.54) is 18.3 Å². The predicted octanol–water partition coefficient (Wildman–Crippen LogP) is 4.86. The van der Waals surface area contributed by atoms with Crippen LogP contribution >= 0.6 is 15.9 Å². The number of carbonyl (C=O) groups is 1. The lowest BCUT2D eigenvalue weighted by Crippen LogP contribution is -2.40. The van der Waals surface area contributed by atoms with Crippen LogP contribution in [0.3, 0.4) is 0 Å². The molecule has 3 aromatic rings. The van der Waals surface area contributed by atoms with E-state index in [0.29, 0.717) is 11.5 Å². The van der Waals surface area contributed by atoms with Crippen LogP contribution in [0.4, 0.5) is 11.8 Å². The molecule has 1 fully saturated rings. The van der Waals surface area contributed by atoms with Gasteiger partial charge < -0.3 is 15.5 Å². The molecule has 206 valence electrons. The first-order valence-corrected chi connectivity index (χ1v) is 15.1. The molecule has 1 aliphatic rings. The van der Waals surface area contributed by atoms with Crippen LogP contribution in [-0.4, -0.2) is 55.5 Å². The van der Waals surface area contributed by atoms with Crippen molar-refractivity contribution in [2.45, 2.75) is 55.0 Å². The first-order valence-electron chi connectivity index (χ1n) is 12.8. The van der Waals surface area contributed by atoms with E-state index in [-0.39, 0.29) is 22.7 Å². The molecule has 0 bridgehead atoms. The van der Waals surface area contributed by atoms with Crippen LogP contribution in [0.5, 0.6) is 0 Å². The fourth-order valence-corrected chi connectivity index (χ4v) is 6.74. The summed E-state index contributed by atoms with van der Waals surface area (Å²) in [6, 6.07) is 10.1. The Balaban J connectivity index is 1.43. The van der Waals surface area contributed by atoms with Gasteiger partial charge in [-0.2, -0.15) is 4.98 Å². The monoisotopic (exact) mass is 612 g/mol. The molecule has 1 aromatic carbocycles. The Hall–Kier alpha value is -3.31. The zero-order valence-electron chi connectivity index (χ0n) is 22.3. The number of nitrogens with zero attached hydrogens (tertiary/aromatic N) is 4. The Kier molecular flexibility index (Phi) is 9.01. The van der Waals surface area contributed by atoms with E-state index in [1.54, 1.807) is 30.3 Å². The number of anilines is 2. The number of sulfone groups is 1. The van der Waals surface area contributed by atoms with Gasteiger partial charge >= 0.3 is 0 Å². The number of aryl methyl sites for hydroxylation is 1. The number of benzene rings is 1. The van der Waals surface area contributed by atoms with Crippen molar-refractivity contribution in [3.8, 4) is 0 Å². The highest BCUT2D eigenvalue weighted by Gasteiger charge is 2.33. The summed E-state index contributed by atoms with van der Waals surface area (Å²) in [5, 5.41) is 5.15. The summed E-state index contributed by atoms with van der Waals surface area (Å²) in [4.78, 5) is 28.4. The molecule has 4 rings (SSSR count). The Morgan fingerprint density at radius 2 is 1.77 bits per heavy atom. The molecule has 0 aliphatic heterocycles. The minimum Gasteiger partial charge on any atom is -0.362 e. The highest BCUT2D eigenvalue weighted by Crippen LogP contribution is 2.32. The number of rotatable bonds is 9. The summed E-state index contributed by atoms with van der Waals surface area (Å²) in [5.41, 5.74) is 1.59. The summed E-state index contributed by atoms with van der Waals surface area (Å²) < 4.78 is 28.1. The molecule has 0 spiro atoms. The Labute approximate surface area is 238 Å². The zero-order valence-corrected chi connectivity index (χ0v) is 24.7. The summed E-state index contributed by atoms with van der Waals surface area (Å²) in [5.74, 6) is 1.01.